The van der Waals surface area contributed by atoms with Crippen molar-refractivity contribution in [1.29, 1.82) is 0 Å². The second kappa shape index (κ2) is 7.29. The highest BCUT2D eigenvalue weighted by molar-refractivity contribution is 5.78. The Balaban J connectivity index is 2.58. The number of carbonyl (C=O) groups excluding carboxylic acids is 1. The molecule has 0 fully saturated rings. The normalized spacial score (nSPS) is 12.3. The van der Waals surface area contributed by atoms with Gasteiger partial charge in [0.1, 0.15) is 0 Å². The average Bonchev–Trinajstić information content (AvgIpc) is 2.38. The molecule has 0 saturated heterocycles. The van der Waals surface area contributed by atoms with E-state index >= 15 is 0 Å². The molecular weight excluding hydrogens is 238 g/mol. The highest BCUT2D eigenvalue weighted by Crippen LogP contribution is 2.12. The van der Waals surface area contributed by atoms with E-state index in [-0.39, 0.29) is 18.4 Å². The first-order chi connectivity index (χ1) is 8.99. The van der Waals surface area contributed by atoms with Gasteiger partial charge in [0.05, 0.1) is 12.5 Å². The van der Waals surface area contributed by atoms with Crippen molar-refractivity contribution in [2.24, 2.45) is 5.92 Å². The minimum absolute atomic E-state index is 0.0368. The fraction of sp³-hybridized carbons (Fsp3) is 0.562. The Morgan fingerprint density at radius 3 is 2.58 bits per heavy atom. The molecule has 0 heterocycles. The molecule has 1 atom stereocenters. The highest BCUT2D eigenvalue weighted by Gasteiger charge is 2.19. The van der Waals surface area contributed by atoms with Crippen LogP contribution < -0.4 is 0 Å². The first kappa shape index (κ1) is 15.7. The summed E-state index contributed by atoms with van der Waals surface area (Å²) in [6.07, 6.45) is 1.54. The SMILES string of the molecule is CCC(CO)C(=O)N(C)CCc1ccc(C)cc1C. The van der Waals surface area contributed by atoms with E-state index in [0.717, 1.165) is 6.42 Å². The van der Waals surface area contributed by atoms with Crippen LogP contribution in [0.25, 0.3) is 0 Å². The van der Waals surface area contributed by atoms with Crippen molar-refractivity contribution < 1.29 is 9.90 Å². The molecule has 0 aliphatic heterocycles. The van der Waals surface area contributed by atoms with Crippen molar-refractivity contribution >= 4 is 5.91 Å². The summed E-state index contributed by atoms with van der Waals surface area (Å²) in [5, 5.41) is 9.16. The molecule has 1 N–H and O–H groups in total. The summed E-state index contributed by atoms with van der Waals surface area (Å²) in [6.45, 7) is 6.74. The van der Waals surface area contributed by atoms with Gasteiger partial charge in [0.2, 0.25) is 5.91 Å². The van der Waals surface area contributed by atoms with Gasteiger partial charge < -0.3 is 10.0 Å². The van der Waals surface area contributed by atoms with E-state index in [4.69, 9.17) is 5.11 Å². The lowest BCUT2D eigenvalue weighted by molar-refractivity contribution is -0.135. The predicted molar refractivity (Wildman–Crippen MR) is 78.1 cm³/mol. The van der Waals surface area contributed by atoms with Crippen molar-refractivity contribution in [3.05, 3.63) is 34.9 Å². The molecule has 106 valence electrons. The molecule has 0 aromatic heterocycles. The van der Waals surface area contributed by atoms with Gasteiger partial charge in [-0.3, -0.25) is 4.79 Å². The Hall–Kier alpha value is -1.35. The van der Waals surface area contributed by atoms with E-state index in [1.165, 1.54) is 16.7 Å². The second-order valence-corrected chi connectivity index (χ2v) is 5.23. The Morgan fingerprint density at radius 1 is 1.37 bits per heavy atom. The summed E-state index contributed by atoms with van der Waals surface area (Å²) in [5.74, 6) is -0.223. The largest absolute Gasteiger partial charge is 0.396 e. The third-order valence-corrected chi connectivity index (χ3v) is 3.65. The van der Waals surface area contributed by atoms with Crippen molar-refractivity contribution in [1.82, 2.24) is 4.90 Å². The average molecular weight is 263 g/mol. The summed E-state index contributed by atoms with van der Waals surface area (Å²) >= 11 is 0. The fourth-order valence-corrected chi connectivity index (χ4v) is 2.22. The molecular formula is C16H25NO2. The van der Waals surface area contributed by atoms with Crippen molar-refractivity contribution in [3.63, 3.8) is 0 Å². The van der Waals surface area contributed by atoms with Gasteiger partial charge in [0, 0.05) is 13.6 Å². The fourth-order valence-electron chi connectivity index (χ4n) is 2.22. The summed E-state index contributed by atoms with van der Waals surface area (Å²) < 4.78 is 0. The number of likely N-dealkylation sites (N-methyl/N-ethyl adjacent to an activating group) is 1. The van der Waals surface area contributed by atoms with Gasteiger partial charge in [-0.05, 0) is 37.8 Å². The van der Waals surface area contributed by atoms with Gasteiger partial charge in [-0.2, -0.15) is 0 Å². The molecule has 0 aliphatic carbocycles. The summed E-state index contributed by atoms with van der Waals surface area (Å²) in [4.78, 5) is 13.8. The molecule has 19 heavy (non-hydrogen) atoms. The molecule has 3 heteroatoms. The maximum absolute atomic E-state index is 12.0. The Kier molecular flexibility index (Phi) is 6.03. The summed E-state index contributed by atoms with van der Waals surface area (Å²) in [6, 6.07) is 6.40. The standard InChI is InChI=1S/C16H25NO2/c1-5-14(11-18)16(19)17(4)9-8-15-7-6-12(2)10-13(15)3/h6-7,10,14,18H,5,8-9,11H2,1-4H3. The Morgan fingerprint density at radius 2 is 2.05 bits per heavy atom. The van der Waals surface area contributed by atoms with Crippen LogP contribution in [-0.4, -0.2) is 36.1 Å². The first-order valence-corrected chi connectivity index (χ1v) is 6.91. The Labute approximate surface area is 116 Å². The zero-order valence-corrected chi connectivity index (χ0v) is 12.4. The molecule has 1 unspecified atom stereocenters. The minimum Gasteiger partial charge on any atom is -0.396 e. The van der Waals surface area contributed by atoms with E-state index in [1.807, 2.05) is 14.0 Å². The number of hydrogen-bond donors (Lipinski definition) is 1. The van der Waals surface area contributed by atoms with E-state index in [9.17, 15) is 4.79 Å². The summed E-state index contributed by atoms with van der Waals surface area (Å²) in [5.41, 5.74) is 3.81. The molecule has 0 aliphatic rings. The number of amides is 1. The predicted octanol–water partition coefficient (Wildman–Crippen LogP) is 2.32. The van der Waals surface area contributed by atoms with Gasteiger partial charge in [-0.1, -0.05) is 30.7 Å². The smallest absolute Gasteiger partial charge is 0.227 e. The van der Waals surface area contributed by atoms with Crippen LogP contribution in [-0.2, 0) is 11.2 Å². The number of hydrogen-bond acceptors (Lipinski definition) is 2. The maximum Gasteiger partial charge on any atom is 0.227 e. The van der Waals surface area contributed by atoms with Crippen molar-refractivity contribution in [2.45, 2.75) is 33.6 Å². The van der Waals surface area contributed by atoms with E-state index < -0.39 is 0 Å². The van der Waals surface area contributed by atoms with Crippen LogP contribution in [0.5, 0.6) is 0 Å². The van der Waals surface area contributed by atoms with Crippen LogP contribution in [0.4, 0.5) is 0 Å². The molecule has 1 aromatic carbocycles. The molecule has 0 bridgehead atoms. The van der Waals surface area contributed by atoms with Gasteiger partial charge in [0.15, 0.2) is 0 Å². The first-order valence-electron chi connectivity index (χ1n) is 6.91. The number of rotatable bonds is 6. The number of carbonyl (C=O) groups is 1. The third kappa shape index (κ3) is 4.35. The highest BCUT2D eigenvalue weighted by atomic mass is 16.3. The number of aliphatic hydroxyl groups is 1. The van der Waals surface area contributed by atoms with Gasteiger partial charge >= 0.3 is 0 Å². The molecule has 1 amide bonds. The number of aliphatic hydroxyl groups excluding tert-OH is 1. The van der Waals surface area contributed by atoms with E-state index in [2.05, 4.69) is 32.0 Å². The minimum atomic E-state index is -0.260. The maximum atomic E-state index is 12.0. The zero-order valence-electron chi connectivity index (χ0n) is 12.4. The lowest BCUT2D eigenvalue weighted by Crippen LogP contribution is -2.35. The lowest BCUT2D eigenvalue weighted by atomic mass is 10.0. The van der Waals surface area contributed by atoms with Crippen LogP contribution in [0.3, 0.4) is 0 Å². The number of aryl methyl sites for hydroxylation is 2. The van der Waals surface area contributed by atoms with Gasteiger partial charge in [-0.15, -0.1) is 0 Å². The molecule has 3 nitrogen and oxygen atoms in total. The summed E-state index contributed by atoms with van der Waals surface area (Å²) in [7, 11) is 1.81. The zero-order chi connectivity index (χ0) is 14.4. The topological polar surface area (TPSA) is 40.5 Å². The Bertz CT molecular complexity index is 425. The third-order valence-electron chi connectivity index (χ3n) is 3.65. The molecule has 0 saturated carbocycles. The van der Waals surface area contributed by atoms with Crippen LogP contribution >= 0.6 is 0 Å². The molecule has 0 radical (unpaired) electrons. The van der Waals surface area contributed by atoms with Crippen molar-refractivity contribution in [2.75, 3.05) is 20.2 Å². The van der Waals surface area contributed by atoms with Crippen LogP contribution in [0.15, 0.2) is 18.2 Å². The van der Waals surface area contributed by atoms with E-state index in [1.54, 1.807) is 4.90 Å². The lowest BCUT2D eigenvalue weighted by Gasteiger charge is -2.22. The van der Waals surface area contributed by atoms with E-state index in [0.29, 0.717) is 13.0 Å². The second-order valence-electron chi connectivity index (χ2n) is 5.23. The van der Waals surface area contributed by atoms with Gasteiger partial charge in [-0.25, -0.2) is 0 Å². The van der Waals surface area contributed by atoms with Crippen LogP contribution in [0, 0.1) is 19.8 Å². The molecule has 1 aromatic rings. The van der Waals surface area contributed by atoms with Crippen molar-refractivity contribution in [3.8, 4) is 0 Å². The molecule has 0 spiro atoms. The number of nitrogens with zero attached hydrogens (tertiary/aromatic N) is 1. The van der Waals surface area contributed by atoms with Crippen LogP contribution in [0.2, 0.25) is 0 Å². The monoisotopic (exact) mass is 263 g/mol. The quantitative estimate of drug-likeness (QED) is 0.855. The number of benzene rings is 1. The van der Waals surface area contributed by atoms with Crippen LogP contribution in [0.1, 0.15) is 30.0 Å². The molecule has 1 rings (SSSR count). The van der Waals surface area contributed by atoms with Gasteiger partial charge in [0.25, 0.3) is 0 Å².